The Morgan fingerprint density at radius 1 is 0.952 bits per heavy atom. The lowest BCUT2D eigenvalue weighted by Crippen LogP contribution is -2.56. The van der Waals surface area contributed by atoms with E-state index in [1.54, 1.807) is 0 Å². The van der Waals surface area contributed by atoms with Gasteiger partial charge in [0.25, 0.3) is 0 Å². The number of hydrogen-bond acceptors (Lipinski definition) is 1. The third kappa shape index (κ3) is 5.64. The molecule has 1 aliphatic rings. The molecule has 0 N–H and O–H groups in total. The molecule has 0 aromatic rings. The molecule has 1 heterocycles. The van der Waals surface area contributed by atoms with Gasteiger partial charge in [-0.1, -0.05) is 78.6 Å². The van der Waals surface area contributed by atoms with E-state index < -0.39 is 0 Å². The van der Waals surface area contributed by atoms with Gasteiger partial charge in [0.15, 0.2) is 0 Å². The van der Waals surface area contributed by atoms with Crippen molar-refractivity contribution in [3.8, 4) is 0 Å². The summed E-state index contributed by atoms with van der Waals surface area (Å²) in [5.74, 6) is 0.692. The maximum Gasteiger partial charge on any atom is 0.227 e. The number of unbranched alkanes of at least 4 members (excludes halogenated alkanes) is 7. The molecule has 1 fully saturated rings. The fourth-order valence-corrected chi connectivity index (χ4v) is 3.68. The average molecular weight is 296 g/mol. The van der Waals surface area contributed by atoms with Gasteiger partial charge in [-0.05, 0) is 18.3 Å². The van der Waals surface area contributed by atoms with Crippen LogP contribution in [0.3, 0.4) is 0 Å². The van der Waals surface area contributed by atoms with E-state index in [0.717, 1.165) is 6.54 Å². The fraction of sp³-hybridized carbons (Fsp3) is 0.947. The van der Waals surface area contributed by atoms with E-state index in [1.165, 1.54) is 70.6 Å². The van der Waals surface area contributed by atoms with E-state index in [2.05, 4.69) is 20.8 Å². The van der Waals surface area contributed by atoms with Crippen LogP contribution >= 0.6 is 0 Å². The zero-order chi connectivity index (χ0) is 15.7. The molecule has 0 aromatic heterocycles. The molecule has 2 nitrogen and oxygen atoms in total. The summed E-state index contributed by atoms with van der Waals surface area (Å²) in [6, 6.07) is 0. The SMILES string of the molecule is CCCCCCCC(C)(CCCCCC)C1CN(C)C1=O. The van der Waals surface area contributed by atoms with Crippen LogP contribution in [0.4, 0.5) is 0 Å². The molecule has 0 aromatic carbocycles. The second-order valence-electron chi connectivity index (χ2n) is 7.40. The number of rotatable bonds is 12. The summed E-state index contributed by atoms with van der Waals surface area (Å²) >= 11 is 0. The molecule has 0 radical (unpaired) electrons. The summed E-state index contributed by atoms with van der Waals surface area (Å²) in [6.07, 6.45) is 14.4. The Morgan fingerprint density at radius 2 is 1.43 bits per heavy atom. The normalized spacial score (nSPS) is 21.2. The number of nitrogens with zero attached hydrogens (tertiary/aromatic N) is 1. The lowest BCUT2D eigenvalue weighted by Gasteiger charge is -2.47. The average Bonchev–Trinajstić information content (AvgIpc) is 2.48. The van der Waals surface area contributed by atoms with Crippen LogP contribution in [0.15, 0.2) is 0 Å². The molecule has 0 bridgehead atoms. The van der Waals surface area contributed by atoms with Crippen molar-refractivity contribution in [2.24, 2.45) is 11.3 Å². The molecule has 0 saturated carbocycles. The summed E-state index contributed by atoms with van der Waals surface area (Å²) in [5, 5.41) is 0. The monoisotopic (exact) mass is 295 g/mol. The standard InChI is InChI=1S/C19H37NO/c1-5-7-9-11-13-15-19(3,14-12-10-8-6-2)17-16-20(4)18(17)21/h17H,5-16H2,1-4H3. The van der Waals surface area contributed by atoms with Gasteiger partial charge < -0.3 is 4.90 Å². The minimum atomic E-state index is 0.254. The van der Waals surface area contributed by atoms with Crippen LogP contribution < -0.4 is 0 Å². The highest BCUT2D eigenvalue weighted by Gasteiger charge is 2.46. The zero-order valence-corrected chi connectivity index (χ0v) is 14.9. The van der Waals surface area contributed by atoms with Crippen molar-refractivity contribution in [3.05, 3.63) is 0 Å². The first-order valence-electron chi connectivity index (χ1n) is 9.30. The minimum absolute atomic E-state index is 0.254. The molecule has 1 rings (SSSR count). The van der Waals surface area contributed by atoms with Crippen molar-refractivity contribution in [1.29, 1.82) is 0 Å². The Kier molecular flexibility index (Phi) is 8.36. The van der Waals surface area contributed by atoms with Crippen LogP contribution in [0.1, 0.15) is 91.4 Å². The van der Waals surface area contributed by atoms with Crippen LogP contribution in [0, 0.1) is 11.3 Å². The van der Waals surface area contributed by atoms with Gasteiger partial charge in [0, 0.05) is 13.6 Å². The van der Waals surface area contributed by atoms with Gasteiger partial charge in [-0.2, -0.15) is 0 Å². The minimum Gasteiger partial charge on any atom is -0.345 e. The Balaban J connectivity index is 2.43. The molecule has 2 unspecified atom stereocenters. The zero-order valence-electron chi connectivity index (χ0n) is 14.9. The van der Waals surface area contributed by atoms with E-state index >= 15 is 0 Å². The topological polar surface area (TPSA) is 20.3 Å². The van der Waals surface area contributed by atoms with Crippen molar-refractivity contribution >= 4 is 5.91 Å². The predicted octanol–water partition coefficient (Wildman–Crippen LogP) is 5.41. The number of carbonyl (C=O) groups is 1. The lowest BCUT2D eigenvalue weighted by molar-refractivity contribution is -0.154. The quantitative estimate of drug-likeness (QED) is 0.348. The van der Waals surface area contributed by atoms with Crippen molar-refractivity contribution < 1.29 is 4.79 Å². The summed E-state index contributed by atoms with van der Waals surface area (Å²) in [4.78, 5) is 14.1. The molecule has 1 aliphatic heterocycles. The molecular formula is C19H37NO. The fourth-order valence-electron chi connectivity index (χ4n) is 3.68. The molecule has 0 spiro atoms. The first-order chi connectivity index (χ1) is 10.0. The highest BCUT2D eigenvalue weighted by molar-refractivity contribution is 5.85. The Labute approximate surface area is 132 Å². The van der Waals surface area contributed by atoms with Gasteiger partial charge in [0.05, 0.1) is 5.92 Å². The van der Waals surface area contributed by atoms with Crippen molar-refractivity contribution in [2.75, 3.05) is 13.6 Å². The molecule has 1 saturated heterocycles. The van der Waals surface area contributed by atoms with Crippen LogP contribution in [-0.4, -0.2) is 24.4 Å². The first-order valence-corrected chi connectivity index (χ1v) is 9.30. The molecular weight excluding hydrogens is 258 g/mol. The number of carbonyl (C=O) groups excluding carboxylic acids is 1. The Bertz CT molecular complexity index is 302. The van der Waals surface area contributed by atoms with Crippen LogP contribution in [0.2, 0.25) is 0 Å². The smallest absolute Gasteiger partial charge is 0.227 e. The van der Waals surface area contributed by atoms with Gasteiger partial charge in [-0.15, -0.1) is 0 Å². The highest BCUT2D eigenvalue weighted by atomic mass is 16.2. The van der Waals surface area contributed by atoms with E-state index in [9.17, 15) is 4.79 Å². The van der Waals surface area contributed by atoms with E-state index in [0.29, 0.717) is 11.8 Å². The van der Waals surface area contributed by atoms with E-state index in [1.807, 2.05) is 11.9 Å². The predicted molar refractivity (Wildman–Crippen MR) is 91.4 cm³/mol. The van der Waals surface area contributed by atoms with Gasteiger partial charge in [0.1, 0.15) is 0 Å². The van der Waals surface area contributed by atoms with Crippen molar-refractivity contribution in [3.63, 3.8) is 0 Å². The maximum atomic E-state index is 12.2. The highest BCUT2D eigenvalue weighted by Crippen LogP contribution is 2.43. The second-order valence-corrected chi connectivity index (χ2v) is 7.40. The Morgan fingerprint density at radius 3 is 1.86 bits per heavy atom. The maximum absolute atomic E-state index is 12.2. The summed E-state index contributed by atoms with van der Waals surface area (Å²) in [5.41, 5.74) is 0.254. The molecule has 2 heteroatoms. The van der Waals surface area contributed by atoms with Gasteiger partial charge in [-0.3, -0.25) is 4.79 Å². The van der Waals surface area contributed by atoms with Gasteiger partial charge in [0.2, 0.25) is 5.91 Å². The van der Waals surface area contributed by atoms with Crippen LogP contribution in [-0.2, 0) is 4.79 Å². The molecule has 1 amide bonds. The molecule has 124 valence electrons. The molecule has 0 aliphatic carbocycles. The third-order valence-corrected chi connectivity index (χ3v) is 5.42. The number of likely N-dealkylation sites (tertiary alicyclic amines) is 1. The Hall–Kier alpha value is -0.530. The van der Waals surface area contributed by atoms with E-state index in [-0.39, 0.29) is 5.41 Å². The number of amides is 1. The lowest BCUT2D eigenvalue weighted by atomic mass is 9.66. The first kappa shape index (κ1) is 18.5. The van der Waals surface area contributed by atoms with Crippen LogP contribution in [0.25, 0.3) is 0 Å². The third-order valence-electron chi connectivity index (χ3n) is 5.42. The van der Waals surface area contributed by atoms with Crippen molar-refractivity contribution in [1.82, 2.24) is 4.90 Å². The molecule has 2 atom stereocenters. The van der Waals surface area contributed by atoms with Crippen LogP contribution in [0.5, 0.6) is 0 Å². The molecule has 21 heavy (non-hydrogen) atoms. The van der Waals surface area contributed by atoms with E-state index in [4.69, 9.17) is 0 Å². The summed E-state index contributed by atoms with van der Waals surface area (Å²) in [7, 11) is 1.94. The largest absolute Gasteiger partial charge is 0.345 e. The second kappa shape index (κ2) is 9.48. The summed E-state index contributed by atoms with van der Waals surface area (Å²) < 4.78 is 0. The van der Waals surface area contributed by atoms with Crippen molar-refractivity contribution in [2.45, 2.75) is 91.4 Å². The summed E-state index contributed by atoms with van der Waals surface area (Å²) in [6.45, 7) is 7.89. The van der Waals surface area contributed by atoms with Gasteiger partial charge in [-0.25, -0.2) is 0 Å². The number of hydrogen-bond donors (Lipinski definition) is 0. The van der Waals surface area contributed by atoms with Gasteiger partial charge >= 0.3 is 0 Å². The number of β-lactam (4-membered cyclic amide) rings is 1.